The molecule has 0 amide bonds. The highest BCUT2D eigenvalue weighted by molar-refractivity contribution is 7.99. The number of nitrogens with zero attached hydrogens (tertiary/aromatic N) is 4. The molecule has 1 atom stereocenters. The van der Waals surface area contributed by atoms with E-state index in [1.807, 2.05) is 28.4 Å². The van der Waals surface area contributed by atoms with Gasteiger partial charge in [-0.25, -0.2) is 0 Å². The summed E-state index contributed by atoms with van der Waals surface area (Å²) >= 11 is 1.85. The lowest BCUT2D eigenvalue weighted by Gasteiger charge is -2.08. The third-order valence-electron chi connectivity index (χ3n) is 3.57. The van der Waals surface area contributed by atoms with Gasteiger partial charge < -0.3 is 0 Å². The van der Waals surface area contributed by atoms with Crippen molar-refractivity contribution in [1.29, 1.82) is 5.26 Å². The number of pyridine rings is 1. The van der Waals surface area contributed by atoms with E-state index < -0.39 is 0 Å². The lowest BCUT2D eigenvalue weighted by molar-refractivity contribution is 0.808. The van der Waals surface area contributed by atoms with Gasteiger partial charge in [-0.1, -0.05) is 18.2 Å². The molecule has 3 heterocycles. The van der Waals surface area contributed by atoms with Crippen LogP contribution in [0.4, 0.5) is 0 Å². The fraction of sp³-hybridized carbons (Fsp3) is 0.133. The van der Waals surface area contributed by atoms with Crippen molar-refractivity contribution in [2.75, 3.05) is 5.75 Å². The zero-order valence-electron chi connectivity index (χ0n) is 10.5. The molecule has 2 aromatic heterocycles. The third kappa shape index (κ3) is 1.62. The molecule has 1 unspecified atom stereocenters. The van der Waals surface area contributed by atoms with Gasteiger partial charge in [-0.05, 0) is 23.8 Å². The van der Waals surface area contributed by atoms with E-state index in [9.17, 15) is 0 Å². The Morgan fingerprint density at radius 1 is 1.20 bits per heavy atom. The first-order valence-corrected chi connectivity index (χ1v) is 7.32. The molecular formula is C15H10N4S. The molecule has 4 rings (SSSR count). The topological polar surface area (TPSA) is 54.0 Å². The third-order valence-corrected chi connectivity index (χ3v) is 4.75. The standard InChI is InChI=1S/C15H10N4S/c16-7-10-5-6-14-17-18-15(19(14)8-10)12-9-20-13-4-2-1-3-11(12)13/h1-6,8,12H,9H2. The summed E-state index contributed by atoms with van der Waals surface area (Å²) in [7, 11) is 0. The zero-order chi connectivity index (χ0) is 13.5. The van der Waals surface area contributed by atoms with E-state index >= 15 is 0 Å². The molecule has 5 heteroatoms. The van der Waals surface area contributed by atoms with Crippen LogP contribution in [0, 0.1) is 11.3 Å². The molecule has 0 radical (unpaired) electrons. The second-order valence-corrected chi connectivity index (χ2v) is 5.78. The summed E-state index contributed by atoms with van der Waals surface area (Å²) in [4.78, 5) is 1.31. The molecule has 0 aliphatic carbocycles. The van der Waals surface area contributed by atoms with Gasteiger partial charge in [-0.2, -0.15) is 5.26 Å². The first-order chi connectivity index (χ1) is 9.86. The fourth-order valence-corrected chi connectivity index (χ4v) is 3.82. The van der Waals surface area contributed by atoms with Gasteiger partial charge in [0.25, 0.3) is 0 Å². The maximum atomic E-state index is 9.04. The highest BCUT2D eigenvalue weighted by Gasteiger charge is 2.28. The molecule has 1 aliphatic rings. The van der Waals surface area contributed by atoms with Crippen molar-refractivity contribution in [2.45, 2.75) is 10.8 Å². The number of rotatable bonds is 1. The molecule has 96 valence electrons. The molecule has 4 nitrogen and oxygen atoms in total. The molecular weight excluding hydrogens is 268 g/mol. The van der Waals surface area contributed by atoms with Gasteiger partial charge in [0.05, 0.1) is 11.5 Å². The lowest BCUT2D eigenvalue weighted by atomic mass is 10.0. The summed E-state index contributed by atoms with van der Waals surface area (Å²) in [5.74, 6) is 2.12. The average Bonchev–Trinajstić information content (AvgIpc) is 3.09. The molecule has 0 spiro atoms. The Kier molecular flexibility index (Phi) is 2.51. The van der Waals surface area contributed by atoms with E-state index in [-0.39, 0.29) is 5.92 Å². The lowest BCUT2D eigenvalue weighted by Crippen LogP contribution is -2.05. The summed E-state index contributed by atoms with van der Waals surface area (Å²) in [6, 6.07) is 14.2. The Labute approximate surface area is 120 Å². The van der Waals surface area contributed by atoms with Crippen molar-refractivity contribution < 1.29 is 0 Å². The van der Waals surface area contributed by atoms with Gasteiger partial charge in [0.15, 0.2) is 5.65 Å². The van der Waals surface area contributed by atoms with Gasteiger partial charge in [0.2, 0.25) is 0 Å². The van der Waals surface area contributed by atoms with E-state index in [1.165, 1.54) is 10.5 Å². The average molecular weight is 278 g/mol. The van der Waals surface area contributed by atoms with Gasteiger partial charge in [0.1, 0.15) is 11.9 Å². The van der Waals surface area contributed by atoms with Gasteiger partial charge in [0, 0.05) is 16.8 Å². The maximum absolute atomic E-state index is 9.04. The Balaban J connectivity index is 1.90. The predicted molar refractivity (Wildman–Crippen MR) is 76.7 cm³/mol. The normalized spacial score (nSPS) is 17.1. The first kappa shape index (κ1) is 11.5. The number of thioether (sulfide) groups is 1. The number of benzene rings is 1. The van der Waals surface area contributed by atoms with Crippen LogP contribution in [-0.2, 0) is 0 Å². The van der Waals surface area contributed by atoms with E-state index in [0.717, 1.165) is 17.2 Å². The fourth-order valence-electron chi connectivity index (χ4n) is 2.59. The van der Waals surface area contributed by atoms with E-state index in [0.29, 0.717) is 5.56 Å². The molecule has 1 aromatic carbocycles. The SMILES string of the molecule is N#Cc1ccc2nnc(C3CSc4ccccc43)n2c1. The summed E-state index contributed by atoms with van der Waals surface area (Å²) in [5, 5.41) is 17.6. The van der Waals surface area contributed by atoms with Crippen LogP contribution in [0.1, 0.15) is 22.9 Å². The summed E-state index contributed by atoms with van der Waals surface area (Å²) in [6.07, 6.45) is 1.82. The number of aromatic nitrogens is 3. The van der Waals surface area contributed by atoms with Crippen molar-refractivity contribution in [3.8, 4) is 6.07 Å². The van der Waals surface area contributed by atoms with Crippen LogP contribution in [-0.4, -0.2) is 20.4 Å². The summed E-state index contributed by atoms with van der Waals surface area (Å²) in [6.45, 7) is 0. The molecule has 0 N–H and O–H groups in total. The molecule has 1 aliphatic heterocycles. The summed E-state index contributed by atoms with van der Waals surface area (Å²) in [5.41, 5.74) is 2.71. The number of hydrogen-bond donors (Lipinski definition) is 0. The minimum absolute atomic E-state index is 0.236. The second-order valence-electron chi connectivity index (χ2n) is 4.72. The zero-order valence-corrected chi connectivity index (χ0v) is 11.3. The van der Waals surface area contributed by atoms with E-state index in [1.54, 1.807) is 6.07 Å². The number of hydrogen-bond acceptors (Lipinski definition) is 4. The second kappa shape index (κ2) is 4.36. The van der Waals surface area contributed by atoms with Crippen LogP contribution in [0.5, 0.6) is 0 Å². The van der Waals surface area contributed by atoms with Crippen LogP contribution >= 0.6 is 11.8 Å². The first-order valence-electron chi connectivity index (χ1n) is 6.33. The van der Waals surface area contributed by atoms with Gasteiger partial charge in [-0.3, -0.25) is 4.40 Å². The highest BCUT2D eigenvalue weighted by Crippen LogP contribution is 2.42. The van der Waals surface area contributed by atoms with Crippen LogP contribution < -0.4 is 0 Å². The molecule has 0 fully saturated rings. The highest BCUT2D eigenvalue weighted by atomic mass is 32.2. The minimum atomic E-state index is 0.236. The molecule has 0 bridgehead atoms. The van der Waals surface area contributed by atoms with Crippen molar-refractivity contribution in [3.05, 3.63) is 59.5 Å². The monoisotopic (exact) mass is 278 g/mol. The smallest absolute Gasteiger partial charge is 0.160 e. The Morgan fingerprint density at radius 2 is 2.10 bits per heavy atom. The Bertz CT molecular complexity index is 846. The van der Waals surface area contributed by atoms with Crippen LogP contribution in [0.3, 0.4) is 0 Å². The molecule has 0 saturated heterocycles. The summed E-state index contributed by atoms with van der Waals surface area (Å²) < 4.78 is 1.94. The molecule has 0 saturated carbocycles. The van der Waals surface area contributed by atoms with Crippen LogP contribution in [0.15, 0.2) is 47.5 Å². The molecule has 20 heavy (non-hydrogen) atoms. The van der Waals surface area contributed by atoms with Crippen LogP contribution in [0.25, 0.3) is 5.65 Å². The largest absolute Gasteiger partial charge is 0.285 e. The van der Waals surface area contributed by atoms with Gasteiger partial charge >= 0.3 is 0 Å². The Morgan fingerprint density at radius 3 is 3.00 bits per heavy atom. The number of fused-ring (bicyclic) bond motifs is 2. The van der Waals surface area contributed by atoms with E-state index in [4.69, 9.17) is 5.26 Å². The predicted octanol–water partition coefficient (Wildman–Crippen LogP) is 2.84. The van der Waals surface area contributed by atoms with Crippen molar-refractivity contribution in [3.63, 3.8) is 0 Å². The Hall–Kier alpha value is -2.32. The molecule has 3 aromatic rings. The quantitative estimate of drug-likeness (QED) is 0.687. The van der Waals surface area contributed by atoms with Gasteiger partial charge in [-0.15, -0.1) is 22.0 Å². The van der Waals surface area contributed by atoms with Crippen molar-refractivity contribution in [2.24, 2.45) is 0 Å². The minimum Gasteiger partial charge on any atom is -0.285 e. The number of nitriles is 1. The maximum Gasteiger partial charge on any atom is 0.160 e. The van der Waals surface area contributed by atoms with Crippen molar-refractivity contribution >= 4 is 17.4 Å². The van der Waals surface area contributed by atoms with Crippen LogP contribution in [0.2, 0.25) is 0 Å². The van der Waals surface area contributed by atoms with Crippen molar-refractivity contribution in [1.82, 2.24) is 14.6 Å². The van der Waals surface area contributed by atoms with E-state index in [2.05, 4.69) is 40.5 Å².